The normalized spacial score (nSPS) is 15.8. The van der Waals surface area contributed by atoms with Crippen molar-refractivity contribution in [3.63, 3.8) is 0 Å². The number of rotatable bonds is 7. The van der Waals surface area contributed by atoms with Crippen LogP contribution in [0.25, 0.3) is 0 Å². The van der Waals surface area contributed by atoms with Crippen molar-refractivity contribution in [3.05, 3.63) is 0 Å². The van der Waals surface area contributed by atoms with Crippen molar-refractivity contribution in [1.29, 1.82) is 0 Å². The Balaban J connectivity index is 3.36. The Morgan fingerprint density at radius 2 is 1.69 bits per heavy atom. The Hall–Kier alpha value is -0.330. The molecule has 0 fully saturated rings. The summed E-state index contributed by atoms with van der Waals surface area (Å²) in [5.41, 5.74) is 0. The number of hydrogen-bond donors (Lipinski definition) is 0. The second-order valence-electron chi connectivity index (χ2n) is 4.78. The van der Waals surface area contributed by atoms with Crippen molar-refractivity contribution >= 4 is 6.29 Å². The summed E-state index contributed by atoms with van der Waals surface area (Å²) in [6.45, 7) is 8.85. The van der Waals surface area contributed by atoms with Crippen LogP contribution in [0.5, 0.6) is 0 Å². The predicted molar refractivity (Wildman–Crippen MR) is 57.7 cm³/mol. The van der Waals surface area contributed by atoms with Crippen LogP contribution in [0.15, 0.2) is 0 Å². The van der Waals surface area contributed by atoms with Gasteiger partial charge in [-0.25, -0.2) is 0 Å². The Bertz CT molecular complexity index is 129. The topological polar surface area (TPSA) is 17.1 Å². The molecule has 0 aliphatic heterocycles. The molecular weight excluding hydrogens is 160 g/mol. The summed E-state index contributed by atoms with van der Waals surface area (Å²) in [7, 11) is 0. The van der Waals surface area contributed by atoms with Gasteiger partial charge >= 0.3 is 0 Å². The van der Waals surface area contributed by atoms with Gasteiger partial charge in [-0.1, -0.05) is 40.5 Å². The third-order valence-corrected chi connectivity index (χ3v) is 2.46. The van der Waals surface area contributed by atoms with Crippen molar-refractivity contribution in [2.45, 2.75) is 53.4 Å². The summed E-state index contributed by atoms with van der Waals surface area (Å²) in [4.78, 5) is 10.4. The van der Waals surface area contributed by atoms with Crippen LogP contribution in [-0.2, 0) is 4.79 Å². The largest absolute Gasteiger partial charge is 0.303 e. The van der Waals surface area contributed by atoms with Gasteiger partial charge in [-0.2, -0.15) is 0 Å². The Morgan fingerprint density at radius 3 is 2.15 bits per heavy atom. The van der Waals surface area contributed by atoms with Crippen LogP contribution < -0.4 is 0 Å². The van der Waals surface area contributed by atoms with Crippen LogP contribution in [0.3, 0.4) is 0 Å². The molecule has 78 valence electrons. The van der Waals surface area contributed by atoms with Gasteiger partial charge in [0.15, 0.2) is 0 Å². The van der Waals surface area contributed by atoms with Gasteiger partial charge in [-0.15, -0.1) is 0 Å². The van der Waals surface area contributed by atoms with Crippen LogP contribution in [0.1, 0.15) is 53.4 Å². The highest BCUT2D eigenvalue weighted by molar-refractivity contribution is 5.52. The number of carbonyl (C=O) groups is 1. The van der Waals surface area contributed by atoms with E-state index in [1.54, 1.807) is 0 Å². The molecule has 0 spiro atoms. The van der Waals surface area contributed by atoms with Gasteiger partial charge in [0.05, 0.1) is 0 Å². The van der Waals surface area contributed by atoms with Gasteiger partial charge in [0.2, 0.25) is 0 Å². The average molecular weight is 184 g/mol. The minimum absolute atomic E-state index is 0.256. The molecule has 0 aromatic rings. The third-order valence-electron chi connectivity index (χ3n) is 2.46. The van der Waals surface area contributed by atoms with E-state index in [4.69, 9.17) is 0 Å². The van der Waals surface area contributed by atoms with E-state index in [0.717, 1.165) is 24.5 Å². The summed E-state index contributed by atoms with van der Waals surface area (Å²) in [6, 6.07) is 0. The molecule has 0 aromatic carbocycles. The molecule has 1 nitrogen and oxygen atoms in total. The van der Waals surface area contributed by atoms with Gasteiger partial charge in [-0.3, -0.25) is 0 Å². The van der Waals surface area contributed by atoms with Crippen LogP contribution in [0.2, 0.25) is 0 Å². The van der Waals surface area contributed by atoms with Crippen molar-refractivity contribution in [2.75, 3.05) is 0 Å². The fraction of sp³-hybridized carbons (Fsp3) is 0.917. The molecule has 0 radical (unpaired) electrons. The van der Waals surface area contributed by atoms with Crippen LogP contribution >= 0.6 is 0 Å². The summed E-state index contributed by atoms with van der Waals surface area (Å²) in [5.74, 6) is 1.88. The zero-order valence-corrected chi connectivity index (χ0v) is 9.55. The highest BCUT2D eigenvalue weighted by atomic mass is 16.1. The minimum Gasteiger partial charge on any atom is -0.303 e. The molecular formula is C12H24O. The Labute approximate surface area is 82.9 Å². The van der Waals surface area contributed by atoms with E-state index in [9.17, 15) is 4.79 Å². The quantitative estimate of drug-likeness (QED) is 0.552. The molecule has 13 heavy (non-hydrogen) atoms. The first-order chi connectivity index (χ1) is 6.06. The standard InChI is InChI=1S/C12H24O/c1-10(2)8-11(3)6-5-7-12(4)9-13/h9-12H,5-8H2,1-4H3. The third kappa shape index (κ3) is 8.01. The highest BCUT2D eigenvalue weighted by Gasteiger charge is 2.06. The molecule has 0 saturated carbocycles. The number of aldehydes is 1. The predicted octanol–water partition coefficient (Wildman–Crippen LogP) is 3.67. The van der Waals surface area contributed by atoms with E-state index in [1.165, 1.54) is 19.3 Å². The molecule has 2 atom stereocenters. The fourth-order valence-electron chi connectivity index (χ4n) is 1.78. The smallest absolute Gasteiger partial charge is 0.122 e. The van der Waals surface area contributed by atoms with Crippen molar-refractivity contribution in [1.82, 2.24) is 0 Å². The zero-order chi connectivity index (χ0) is 10.3. The summed E-state index contributed by atoms with van der Waals surface area (Å²) < 4.78 is 0. The van der Waals surface area contributed by atoms with Gasteiger partial charge in [0, 0.05) is 5.92 Å². The lowest BCUT2D eigenvalue weighted by Crippen LogP contribution is -2.02. The SMILES string of the molecule is CC(C)CC(C)CCCC(C)C=O. The lowest BCUT2D eigenvalue weighted by atomic mass is 9.92. The van der Waals surface area contributed by atoms with E-state index >= 15 is 0 Å². The Kier molecular flexibility index (Phi) is 6.93. The van der Waals surface area contributed by atoms with Crippen LogP contribution in [-0.4, -0.2) is 6.29 Å². The maximum absolute atomic E-state index is 10.4. The van der Waals surface area contributed by atoms with E-state index in [2.05, 4.69) is 20.8 Å². The second kappa shape index (κ2) is 7.11. The zero-order valence-electron chi connectivity index (χ0n) is 9.55. The van der Waals surface area contributed by atoms with Crippen LogP contribution in [0.4, 0.5) is 0 Å². The second-order valence-corrected chi connectivity index (χ2v) is 4.78. The van der Waals surface area contributed by atoms with E-state index in [1.807, 2.05) is 6.92 Å². The molecule has 0 bridgehead atoms. The molecule has 0 saturated heterocycles. The number of hydrogen-bond acceptors (Lipinski definition) is 1. The van der Waals surface area contributed by atoms with Gasteiger partial charge < -0.3 is 4.79 Å². The van der Waals surface area contributed by atoms with Crippen molar-refractivity contribution < 1.29 is 4.79 Å². The summed E-state index contributed by atoms with van der Waals surface area (Å²) in [5, 5.41) is 0. The average Bonchev–Trinajstić information content (AvgIpc) is 2.02. The molecule has 0 amide bonds. The maximum atomic E-state index is 10.4. The van der Waals surface area contributed by atoms with E-state index in [0.29, 0.717) is 0 Å². The molecule has 0 aromatic heterocycles. The lowest BCUT2D eigenvalue weighted by molar-refractivity contribution is -0.110. The van der Waals surface area contributed by atoms with Crippen LogP contribution in [0, 0.1) is 17.8 Å². The van der Waals surface area contributed by atoms with Gasteiger partial charge in [-0.05, 0) is 24.7 Å². The summed E-state index contributed by atoms with van der Waals surface area (Å²) >= 11 is 0. The van der Waals surface area contributed by atoms with Gasteiger partial charge in [0.25, 0.3) is 0 Å². The Morgan fingerprint density at radius 1 is 1.08 bits per heavy atom. The first-order valence-corrected chi connectivity index (χ1v) is 5.51. The molecule has 1 heteroatoms. The minimum atomic E-state index is 0.256. The monoisotopic (exact) mass is 184 g/mol. The molecule has 2 unspecified atom stereocenters. The maximum Gasteiger partial charge on any atom is 0.122 e. The molecule has 0 aliphatic carbocycles. The molecule has 0 heterocycles. The highest BCUT2D eigenvalue weighted by Crippen LogP contribution is 2.18. The molecule has 0 N–H and O–H groups in total. The van der Waals surface area contributed by atoms with Crippen molar-refractivity contribution in [2.24, 2.45) is 17.8 Å². The first kappa shape index (κ1) is 12.7. The fourth-order valence-corrected chi connectivity index (χ4v) is 1.78. The summed E-state index contributed by atoms with van der Waals surface area (Å²) in [6.07, 6.45) is 5.92. The molecule has 0 aliphatic rings. The molecule has 0 rings (SSSR count). The van der Waals surface area contributed by atoms with Gasteiger partial charge in [0.1, 0.15) is 6.29 Å². The van der Waals surface area contributed by atoms with E-state index < -0.39 is 0 Å². The number of carbonyl (C=O) groups excluding carboxylic acids is 1. The lowest BCUT2D eigenvalue weighted by Gasteiger charge is -2.13. The van der Waals surface area contributed by atoms with E-state index in [-0.39, 0.29) is 5.92 Å². The first-order valence-electron chi connectivity index (χ1n) is 5.51. The van der Waals surface area contributed by atoms with Crippen molar-refractivity contribution in [3.8, 4) is 0 Å².